The molecule has 1 saturated heterocycles. The molecule has 0 unspecified atom stereocenters. The van der Waals surface area contributed by atoms with Crippen LogP contribution in [0, 0.1) is 5.82 Å². The predicted octanol–water partition coefficient (Wildman–Crippen LogP) is 3.24. The summed E-state index contributed by atoms with van der Waals surface area (Å²) in [5.74, 6) is -0.173. The number of aromatic nitrogens is 2. The Morgan fingerprint density at radius 2 is 1.94 bits per heavy atom. The maximum absolute atomic E-state index is 13.3. The number of piperazine rings is 1. The van der Waals surface area contributed by atoms with Crippen LogP contribution in [0.1, 0.15) is 48.0 Å². The third kappa shape index (κ3) is 5.25. The Hall–Kier alpha value is -2.45. The molecule has 0 atom stereocenters. The maximum Gasteiger partial charge on any atom is 0.256 e. The normalized spacial score (nSPS) is 18.2. The van der Waals surface area contributed by atoms with Crippen molar-refractivity contribution >= 4 is 29.3 Å². The summed E-state index contributed by atoms with van der Waals surface area (Å²) in [4.78, 5) is 26.0. The Bertz CT molecular complexity index is 928. The van der Waals surface area contributed by atoms with Gasteiger partial charge in [-0.1, -0.05) is 36.9 Å². The molecule has 1 aliphatic heterocycles. The maximum atomic E-state index is 13.3. The number of halogens is 2. The molecular weight excluding hydrogens is 419 g/mol. The standard InChI is InChI=1S/C22H28ClFN6O/c23-18-12-15(6-7-19(18)24)13-26-21(31)17-14-27-22(28-20(17)25)30-10-8-29(9-11-30)16-4-2-1-3-5-16/h6-7,12,14,16H,1-5,8-11,13H2,(H,26,31)(H2,25,27,28). The average Bonchev–Trinajstić information content (AvgIpc) is 2.80. The first kappa shape index (κ1) is 21.8. The van der Waals surface area contributed by atoms with Crippen LogP contribution in [0.4, 0.5) is 16.2 Å². The van der Waals surface area contributed by atoms with Gasteiger partial charge in [0.05, 0.1) is 10.6 Å². The molecule has 0 radical (unpaired) electrons. The van der Waals surface area contributed by atoms with Crippen molar-refractivity contribution in [2.75, 3.05) is 36.8 Å². The van der Waals surface area contributed by atoms with Gasteiger partial charge in [-0.25, -0.2) is 9.37 Å². The number of hydrogen-bond donors (Lipinski definition) is 2. The van der Waals surface area contributed by atoms with Gasteiger partial charge in [0.2, 0.25) is 5.95 Å². The van der Waals surface area contributed by atoms with Crippen molar-refractivity contribution in [2.24, 2.45) is 0 Å². The van der Waals surface area contributed by atoms with Crippen molar-refractivity contribution in [1.29, 1.82) is 0 Å². The van der Waals surface area contributed by atoms with Crippen LogP contribution >= 0.6 is 11.6 Å². The second-order valence-corrected chi connectivity index (χ2v) is 8.62. The van der Waals surface area contributed by atoms with Crippen LogP contribution in [-0.2, 0) is 6.54 Å². The number of carbonyl (C=O) groups is 1. The molecule has 7 nitrogen and oxygen atoms in total. The van der Waals surface area contributed by atoms with Gasteiger partial charge in [-0.2, -0.15) is 4.98 Å². The Labute approximate surface area is 186 Å². The highest BCUT2D eigenvalue weighted by Crippen LogP contribution is 2.24. The number of carbonyl (C=O) groups excluding carboxylic acids is 1. The van der Waals surface area contributed by atoms with E-state index in [4.69, 9.17) is 17.3 Å². The summed E-state index contributed by atoms with van der Waals surface area (Å²) < 4.78 is 13.3. The van der Waals surface area contributed by atoms with Gasteiger partial charge in [-0.05, 0) is 30.5 Å². The molecule has 1 aromatic heterocycles. The van der Waals surface area contributed by atoms with Gasteiger partial charge in [0.25, 0.3) is 5.91 Å². The number of nitrogens with two attached hydrogens (primary N) is 1. The van der Waals surface area contributed by atoms with Gasteiger partial charge in [-0.15, -0.1) is 0 Å². The highest BCUT2D eigenvalue weighted by Gasteiger charge is 2.26. The summed E-state index contributed by atoms with van der Waals surface area (Å²) in [6.07, 6.45) is 8.11. The molecule has 2 heterocycles. The summed E-state index contributed by atoms with van der Waals surface area (Å²) in [5, 5.41) is 2.76. The highest BCUT2D eigenvalue weighted by molar-refractivity contribution is 6.30. The van der Waals surface area contributed by atoms with Gasteiger partial charge < -0.3 is 16.0 Å². The zero-order valence-corrected chi connectivity index (χ0v) is 18.2. The molecule has 1 aliphatic carbocycles. The molecular formula is C22H28ClFN6O. The fourth-order valence-electron chi connectivity index (χ4n) is 4.37. The average molecular weight is 447 g/mol. The van der Waals surface area contributed by atoms with E-state index in [1.807, 2.05) is 0 Å². The van der Waals surface area contributed by atoms with E-state index in [9.17, 15) is 9.18 Å². The van der Waals surface area contributed by atoms with E-state index in [0.29, 0.717) is 17.6 Å². The topological polar surface area (TPSA) is 87.4 Å². The van der Waals surface area contributed by atoms with E-state index in [2.05, 4.69) is 25.1 Å². The zero-order valence-electron chi connectivity index (χ0n) is 17.5. The van der Waals surface area contributed by atoms with E-state index in [0.717, 1.165) is 26.2 Å². The van der Waals surface area contributed by atoms with Crippen molar-refractivity contribution < 1.29 is 9.18 Å². The number of amides is 1. The molecule has 2 aromatic rings. The lowest BCUT2D eigenvalue weighted by Gasteiger charge is -2.40. The number of nitrogens with one attached hydrogen (secondary N) is 1. The molecule has 166 valence electrons. The number of nitrogen functional groups attached to an aromatic ring is 1. The molecule has 0 bridgehead atoms. The van der Waals surface area contributed by atoms with Gasteiger partial charge in [0.1, 0.15) is 11.6 Å². The Morgan fingerprint density at radius 1 is 1.19 bits per heavy atom. The van der Waals surface area contributed by atoms with Crippen LogP contribution in [0.25, 0.3) is 0 Å². The molecule has 4 rings (SSSR count). The largest absolute Gasteiger partial charge is 0.383 e. The van der Waals surface area contributed by atoms with Crippen molar-refractivity contribution in [3.8, 4) is 0 Å². The Balaban J connectivity index is 1.33. The predicted molar refractivity (Wildman–Crippen MR) is 120 cm³/mol. The van der Waals surface area contributed by atoms with Gasteiger partial charge >= 0.3 is 0 Å². The van der Waals surface area contributed by atoms with Crippen LogP contribution in [0.15, 0.2) is 24.4 Å². The quantitative estimate of drug-likeness (QED) is 0.733. The summed E-state index contributed by atoms with van der Waals surface area (Å²) in [6.45, 7) is 3.90. The summed E-state index contributed by atoms with van der Waals surface area (Å²) >= 11 is 5.78. The van der Waals surface area contributed by atoms with E-state index >= 15 is 0 Å². The summed E-state index contributed by atoms with van der Waals surface area (Å²) in [5.41, 5.74) is 6.97. The SMILES string of the molecule is Nc1nc(N2CCN(C3CCCCC3)CC2)ncc1C(=O)NCc1ccc(F)c(Cl)c1. The number of hydrogen-bond acceptors (Lipinski definition) is 6. The second kappa shape index (κ2) is 9.78. The minimum Gasteiger partial charge on any atom is -0.383 e. The number of nitrogens with zero attached hydrogens (tertiary/aromatic N) is 4. The van der Waals surface area contributed by atoms with Crippen molar-refractivity contribution in [3.63, 3.8) is 0 Å². The first-order chi connectivity index (χ1) is 15.0. The minimum atomic E-state index is -0.496. The highest BCUT2D eigenvalue weighted by atomic mass is 35.5. The van der Waals surface area contributed by atoms with Gasteiger partial charge in [0, 0.05) is 45.0 Å². The van der Waals surface area contributed by atoms with Gasteiger partial charge in [-0.3, -0.25) is 9.69 Å². The molecule has 0 spiro atoms. The van der Waals surface area contributed by atoms with Crippen LogP contribution in [0.5, 0.6) is 0 Å². The molecule has 31 heavy (non-hydrogen) atoms. The number of rotatable bonds is 5. The van der Waals surface area contributed by atoms with E-state index < -0.39 is 5.82 Å². The lowest BCUT2D eigenvalue weighted by atomic mass is 9.94. The smallest absolute Gasteiger partial charge is 0.256 e. The first-order valence-electron chi connectivity index (χ1n) is 10.8. The Morgan fingerprint density at radius 3 is 2.61 bits per heavy atom. The lowest BCUT2D eigenvalue weighted by molar-refractivity contribution is 0.0951. The third-order valence-electron chi connectivity index (χ3n) is 6.18. The summed E-state index contributed by atoms with van der Waals surface area (Å²) in [6, 6.07) is 5.03. The molecule has 2 aliphatic rings. The molecule has 1 amide bonds. The summed E-state index contributed by atoms with van der Waals surface area (Å²) in [7, 11) is 0. The van der Waals surface area contributed by atoms with E-state index in [1.54, 1.807) is 6.07 Å². The van der Waals surface area contributed by atoms with Gasteiger partial charge in [0.15, 0.2) is 0 Å². The lowest BCUT2D eigenvalue weighted by Crippen LogP contribution is -2.51. The van der Waals surface area contributed by atoms with E-state index in [-0.39, 0.29) is 28.9 Å². The molecule has 2 fully saturated rings. The van der Waals surface area contributed by atoms with Crippen molar-refractivity contribution in [1.82, 2.24) is 20.2 Å². The minimum absolute atomic E-state index is 0.0162. The second-order valence-electron chi connectivity index (χ2n) is 8.21. The Kier molecular flexibility index (Phi) is 6.87. The molecule has 3 N–H and O–H groups in total. The first-order valence-corrected chi connectivity index (χ1v) is 11.2. The monoisotopic (exact) mass is 446 g/mol. The fraction of sp³-hybridized carbons (Fsp3) is 0.500. The fourth-order valence-corrected chi connectivity index (χ4v) is 4.58. The van der Waals surface area contributed by atoms with Crippen molar-refractivity contribution in [3.05, 3.63) is 46.4 Å². The molecule has 1 saturated carbocycles. The van der Waals surface area contributed by atoms with Crippen LogP contribution in [0.3, 0.4) is 0 Å². The van der Waals surface area contributed by atoms with Crippen LogP contribution in [0.2, 0.25) is 5.02 Å². The third-order valence-corrected chi connectivity index (χ3v) is 6.47. The van der Waals surface area contributed by atoms with Crippen LogP contribution < -0.4 is 16.0 Å². The zero-order chi connectivity index (χ0) is 21.8. The van der Waals surface area contributed by atoms with Crippen molar-refractivity contribution in [2.45, 2.75) is 44.7 Å². The number of anilines is 2. The molecule has 9 heteroatoms. The van der Waals surface area contributed by atoms with Crippen LogP contribution in [-0.4, -0.2) is 53.0 Å². The molecule has 1 aromatic carbocycles. The van der Waals surface area contributed by atoms with E-state index in [1.165, 1.54) is 50.4 Å². The number of benzene rings is 1.